The molecule has 0 aromatic rings. The van der Waals surface area contributed by atoms with E-state index in [-0.39, 0.29) is 29.8 Å². The zero-order valence-electron chi connectivity index (χ0n) is 10.4. The van der Waals surface area contributed by atoms with Gasteiger partial charge in [0.05, 0.1) is 11.5 Å². The van der Waals surface area contributed by atoms with Gasteiger partial charge < -0.3 is 5.73 Å². The van der Waals surface area contributed by atoms with Crippen molar-refractivity contribution in [3.8, 4) is 0 Å². The summed E-state index contributed by atoms with van der Waals surface area (Å²) in [5.74, 6) is 0.132. The van der Waals surface area contributed by atoms with Crippen LogP contribution in [0.4, 0.5) is 0 Å². The lowest BCUT2D eigenvalue weighted by atomic mass is 9.98. The summed E-state index contributed by atoms with van der Waals surface area (Å²) in [4.78, 5) is 23.7. The van der Waals surface area contributed by atoms with E-state index in [1.165, 1.54) is 0 Å². The molecule has 6 nitrogen and oxygen atoms in total. The number of sulfone groups is 1. The van der Waals surface area contributed by atoms with Crippen molar-refractivity contribution < 1.29 is 18.0 Å². The first-order valence-corrected chi connectivity index (χ1v) is 7.96. The quantitative estimate of drug-likeness (QED) is 0.662. The van der Waals surface area contributed by atoms with Gasteiger partial charge in [-0.15, -0.1) is 0 Å². The highest BCUT2D eigenvalue weighted by Gasteiger charge is 2.26. The second-order valence-electron chi connectivity index (χ2n) is 4.63. The first-order valence-electron chi connectivity index (χ1n) is 6.14. The van der Waals surface area contributed by atoms with Gasteiger partial charge in [0.15, 0.2) is 0 Å². The molecule has 2 N–H and O–H groups in total. The smallest absolute Gasteiger partial charge is 0.229 e. The van der Waals surface area contributed by atoms with Gasteiger partial charge in [0.25, 0.3) is 0 Å². The van der Waals surface area contributed by atoms with E-state index in [2.05, 4.69) is 0 Å². The van der Waals surface area contributed by atoms with E-state index in [0.717, 1.165) is 4.90 Å². The zero-order valence-corrected chi connectivity index (χ0v) is 11.2. The van der Waals surface area contributed by atoms with E-state index in [1.807, 2.05) is 0 Å². The Morgan fingerprint density at radius 3 is 2.44 bits per heavy atom. The number of nitrogens with zero attached hydrogens (tertiary/aromatic N) is 1. The molecule has 2 amide bonds. The summed E-state index contributed by atoms with van der Waals surface area (Å²) in [6, 6.07) is 0. The molecule has 104 valence electrons. The topological polar surface area (TPSA) is 97.5 Å². The summed E-state index contributed by atoms with van der Waals surface area (Å²) in [7, 11) is -2.90. The maximum absolute atomic E-state index is 11.8. The highest BCUT2D eigenvalue weighted by Crippen LogP contribution is 2.22. The molecule has 0 aliphatic carbocycles. The van der Waals surface area contributed by atoms with Crippen LogP contribution in [-0.4, -0.2) is 50.2 Å². The Bertz CT molecular complexity index is 380. The van der Waals surface area contributed by atoms with Gasteiger partial charge in [-0.1, -0.05) is 0 Å². The number of rotatable bonds is 6. The van der Waals surface area contributed by atoms with E-state index in [0.29, 0.717) is 38.8 Å². The molecule has 1 saturated heterocycles. The molecule has 0 aromatic heterocycles. The molecule has 0 unspecified atom stereocenters. The van der Waals surface area contributed by atoms with Crippen molar-refractivity contribution in [2.75, 3.05) is 24.6 Å². The lowest BCUT2D eigenvalue weighted by Gasteiger charge is -2.23. The SMILES string of the molecule is NCCCN(C=O)C(=O)CC1CCS(=O)(=O)CC1. The Morgan fingerprint density at radius 1 is 1.33 bits per heavy atom. The van der Waals surface area contributed by atoms with Crippen LogP contribution in [0, 0.1) is 5.92 Å². The molecule has 1 aliphatic rings. The highest BCUT2D eigenvalue weighted by molar-refractivity contribution is 7.91. The minimum atomic E-state index is -2.90. The van der Waals surface area contributed by atoms with Crippen molar-refractivity contribution >= 4 is 22.2 Å². The van der Waals surface area contributed by atoms with Crippen molar-refractivity contribution in [3.05, 3.63) is 0 Å². The van der Waals surface area contributed by atoms with Crippen molar-refractivity contribution in [1.82, 2.24) is 4.90 Å². The Hall–Kier alpha value is -0.950. The summed E-state index contributed by atoms with van der Waals surface area (Å²) in [6.07, 6.45) is 2.38. The van der Waals surface area contributed by atoms with E-state index in [1.54, 1.807) is 0 Å². The van der Waals surface area contributed by atoms with Gasteiger partial charge in [-0.2, -0.15) is 0 Å². The molecule has 1 rings (SSSR count). The fourth-order valence-corrected chi connectivity index (χ4v) is 3.59. The Morgan fingerprint density at radius 2 is 1.94 bits per heavy atom. The van der Waals surface area contributed by atoms with E-state index in [9.17, 15) is 18.0 Å². The van der Waals surface area contributed by atoms with Crippen LogP contribution in [0.25, 0.3) is 0 Å². The van der Waals surface area contributed by atoms with Crippen molar-refractivity contribution in [2.45, 2.75) is 25.7 Å². The largest absolute Gasteiger partial charge is 0.330 e. The lowest BCUT2D eigenvalue weighted by molar-refractivity contribution is -0.138. The van der Waals surface area contributed by atoms with Crippen LogP contribution in [0.3, 0.4) is 0 Å². The Labute approximate surface area is 107 Å². The molecule has 1 fully saturated rings. The summed E-state index contributed by atoms with van der Waals surface area (Å²) >= 11 is 0. The van der Waals surface area contributed by atoms with Crippen molar-refractivity contribution in [2.24, 2.45) is 11.7 Å². The average Bonchev–Trinajstić information content (AvgIpc) is 2.33. The molecule has 18 heavy (non-hydrogen) atoms. The lowest BCUT2D eigenvalue weighted by Crippen LogP contribution is -2.34. The minimum absolute atomic E-state index is 0.0707. The summed E-state index contributed by atoms with van der Waals surface area (Å²) in [6.45, 7) is 0.767. The van der Waals surface area contributed by atoms with Gasteiger partial charge >= 0.3 is 0 Å². The molecule has 0 saturated carbocycles. The summed E-state index contributed by atoms with van der Waals surface area (Å²) in [5.41, 5.74) is 5.33. The standard InChI is InChI=1S/C11H20N2O4S/c12-4-1-5-13(9-14)11(15)8-10-2-6-18(16,17)7-3-10/h9-10H,1-8,12H2. The molecule has 1 aliphatic heterocycles. The molecular weight excluding hydrogens is 256 g/mol. The molecule has 0 spiro atoms. The second-order valence-corrected chi connectivity index (χ2v) is 6.94. The molecule has 0 bridgehead atoms. The number of hydrogen-bond donors (Lipinski definition) is 1. The first-order chi connectivity index (χ1) is 8.48. The predicted octanol–water partition coefficient (Wildman–Crippen LogP) is -0.465. The molecule has 7 heteroatoms. The van der Waals surface area contributed by atoms with Crippen LogP contribution in [0.5, 0.6) is 0 Å². The molecular formula is C11H20N2O4S. The molecule has 1 heterocycles. The van der Waals surface area contributed by atoms with Crippen LogP contribution < -0.4 is 5.73 Å². The number of nitrogens with two attached hydrogens (primary N) is 1. The number of imide groups is 1. The average molecular weight is 276 g/mol. The van der Waals surface area contributed by atoms with E-state index < -0.39 is 9.84 Å². The van der Waals surface area contributed by atoms with Gasteiger partial charge in [0.2, 0.25) is 12.3 Å². The molecule has 0 radical (unpaired) electrons. The van der Waals surface area contributed by atoms with E-state index >= 15 is 0 Å². The molecule has 0 aromatic carbocycles. The van der Waals surface area contributed by atoms with Gasteiger partial charge in [0, 0.05) is 13.0 Å². The van der Waals surface area contributed by atoms with Gasteiger partial charge in [-0.25, -0.2) is 8.42 Å². The summed E-state index contributed by atoms with van der Waals surface area (Å²) < 4.78 is 22.5. The maximum atomic E-state index is 11.8. The number of carbonyl (C=O) groups is 2. The van der Waals surface area contributed by atoms with Gasteiger partial charge in [-0.05, 0) is 31.7 Å². The third-order valence-corrected chi connectivity index (χ3v) is 4.90. The van der Waals surface area contributed by atoms with Crippen LogP contribution in [-0.2, 0) is 19.4 Å². The third kappa shape index (κ3) is 4.73. The van der Waals surface area contributed by atoms with Crippen molar-refractivity contribution in [1.29, 1.82) is 0 Å². The fourth-order valence-electron chi connectivity index (χ4n) is 2.00. The fraction of sp³-hybridized carbons (Fsp3) is 0.818. The maximum Gasteiger partial charge on any atom is 0.229 e. The van der Waals surface area contributed by atoms with Crippen LogP contribution in [0.15, 0.2) is 0 Å². The van der Waals surface area contributed by atoms with Gasteiger partial charge in [0.1, 0.15) is 9.84 Å². The second kappa shape index (κ2) is 6.84. The zero-order chi connectivity index (χ0) is 13.6. The Kier molecular flexibility index (Phi) is 5.74. The van der Waals surface area contributed by atoms with Crippen LogP contribution in [0.1, 0.15) is 25.7 Å². The number of carbonyl (C=O) groups excluding carboxylic acids is 2. The van der Waals surface area contributed by atoms with Gasteiger partial charge in [-0.3, -0.25) is 14.5 Å². The Balaban J connectivity index is 2.42. The van der Waals surface area contributed by atoms with Crippen LogP contribution in [0.2, 0.25) is 0 Å². The summed E-state index contributed by atoms with van der Waals surface area (Å²) in [5, 5.41) is 0. The number of amides is 2. The first kappa shape index (κ1) is 15.1. The van der Waals surface area contributed by atoms with Crippen molar-refractivity contribution in [3.63, 3.8) is 0 Å². The van der Waals surface area contributed by atoms with E-state index in [4.69, 9.17) is 5.73 Å². The number of hydrogen-bond acceptors (Lipinski definition) is 5. The third-order valence-electron chi connectivity index (χ3n) is 3.19. The highest BCUT2D eigenvalue weighted by atomic mass is 32.2. The monoisotopic (exact) mass is 276 g/mol. The normalized spacial score (nSPS) is 19.4. The minimum Gasteiger partial charge on any atom is -0.330 e. The van der Waals surface area contributed by atoms with Crippen LogP contribution >= 0.6 is 0 Å². The predicted molar refractivity (Wildman–Crippen MR) is 67.4 cm³/mol. The molecule has 0 atom stereocenters.